The van der Waals surface area contributed by atoms with E-state index in [-0.39, 0.29) is 5.69 Å². The van der Waals surface area contributed by atoms with Gasteiger partial charge in [0.15, 0.2) is 5.75 Å². The van der Waals surface area contributed by atoms with E-state index in [1.54, 1.807) is 18.2 Å². The molecule has 0 saturated heterocycles. The molecule has 1 aromatic carbocycles. The van der Waals surface area contributed by atoms with Gasteiger partial charge in [0.2, 0.25) is 0 Å². The van der Waals surface area contributed by atoms with Crippen molar-refractivity contribution in [3.8, 4) is 5.75 Å². The molecular weight excluding hydrogens is 276 g/mol. The zero-order chi connectivity index (χ0) is 14.8. The second-order valence-corrected chi connectivity index (χ2v) is 5.43. The minimum Gasteiger partial charge on any atom is -0.490 e. The van der Waals surface area contributed by atoms with Crippen molar-refractivity contribution in [3.05, 3.63) is 28.3 Å². The molecule has 1 aromatic rings. The smallest absolute Gasteiger partial charge is 0.333 e. The van der Waals surface area contributed by atoms with Gasteiger partial charge >= 0.3 is 5.69 Å². The summed E-state index contributed by atoms with van der Waals surface area (Å²) in [5, 5.41) is 14.2. The molecule has 0 aliphatic carbocycles. The molecule has 0 bridgehead atoms. The monoisotopic (exact) mass is 298 g/mol. The number of nitrogens with zero attached hydrogens (tertiary/aromatic N) is 1. The van der Waals surface area contributed by atoms with Gasteiger partial charge in [-0.1, -0.05) is 18.9 Å². The van der Waals surface area contributed by atoms with Crippen LogP contribution in [0, 0.1) is 10.1 Å². The second-order valence-electron chi connectivity index (χ2n) is 4.45. The van der Waals surface area contributed by atoms with E-state index < -0.39 is 4.92 Å². The molecule has 1 N–H and O–H groups in total. The number of hydrogen-bond acceptors (Lipinski definition) is 5. The second kappa shape index (κ2) is 9.47. The average molecular weight is 298 g/mol. The van der Waals surface area contributed by atoms with Gasteiger partial charge in [-0.3, -0.25) is 10.1 Å². The third kappa shape index (κ3) is 5.28. The summed E-state index contributed by atoms with van der Waals surface area (Å²) < 4.78 is 5.04. The summed E-state index contributed by atoms with van der Waals surface area (Å²) in [5.74, 6) is 1.49. The zero-order valence-electron chi connectivity index (χ0n) is 12.1. The van der Waals surface area contributed by atoms with Crippen molar-refractivity contribution in [2.24, 2.45) is 0 Å². The van der Waals surface area contributed by atoms with Gasteiger partial charge in [-0.05, 0) is 37.0 Å². The third-order valence-corrected chi connectivity index (χ3v) is 3.69. The van der Waals surface area contributed by atoms with Gasteiger partial charge in [0.1, 0.15) is 5.69 Å². The van der Waals surface area contributed by atoms with E-state index in [9.17, 15) is 10.1 Å². The molecule has 1 rings (SSSR count). The Morgan fingerprint density at radius 2 is 2.05 bits per heavy atom. The first-order valence-corrected chi connectivity index (χ1v) is 8.14. The minimum atomic E-state index is -0.403. The molecule has 0 aromatic heterocycles. The standard InChI is InChI=1S/C14H22N2O3S/c1-19-13-9-7-8-12(14(13)16(17)18)15-10-5-3-4-6-11-20-2/h7-9,15H,3-6,10-11H2,1-2H3. The molecule has 20 heavy (non-hydrogen) atoms. The molecule has 0 fully saturated rings. The number of thioether (sulfide) groups is 1. The van der Waals surface area contributed by atoms with Crippen molar-refractivity contribution in [1.82, 2.24) is 0 Å². The highest BCUT2D eigenvalue weighted by molar-refractivity contribution is 7.98. The number of nitrogens with one attached hydrogen (secondary N) is 1. The van der Waals surface area contributed by atoms with Crippen molar-refractivity contribution < 1.29 is 9.66 Å². The molecule has 0 heterocycles. The van der Waals surface area contributed by atoms with Crippen LogP contribution in [0.5, 0.6) is 5.75 Å². The number of para-hydroxylation sites is 1. The lowest BCUT2D eigenvalue weighted by Gasteiger charge is -2.09. The normalized spacial score (nSPS) is 10.3. The van der Waals surface area contributed by atoms with Gasteiger partial charge in [-0.15, -0.1) is 0 Å². The molecule has 112 valence electrons. The van der Waals surface area contributed by atoms with E-state index in [0.717, 1.165) is 19.4 Å². The van der Waals surface area contributed by atoms with Crippen molar-refractivity contribution >= 4 is 23.1 Å². The molecule has 0 unspecified atom stereocenters. The SMILES string of the molecule is COc1cccc(NCCCCCCSC)c1[N+](=O)[O-]. The first kappa shape index (κ1) is 16.6. The fraction of sp³-hybridized carbons (Fsp3) is 0.571. The van der Waals surface area contributed by atoms with E-state index in [0.29, 0.717) is 11.4 Å². The molecule has 0 saturated carbocycles. The topological polar surface area (TPSA) is 64.4 Å². The van der Waals surface area contributed by atoms with E-state index in [1.165, 1.54) is 25.7 Å². The number of methoxy groups -OCH3 is 1. The number of ether oxygens (including phenoxy) is 1. The van der Waals surface area contributed by atoms with E-state index in [2.05, 4.69) is 11.6 Å². The minimum absolute atomic E-state index is 0.0115. The van der Waals surface area contributed by atoms with Crippen LogP contribution >= 0.6 is 11.8 Å². The lowest BCUT2D eigenvalue weighted by Crippen LogP contribution is -2.05. The fourth-order valence-electron chi connectivity index (χ4n) is 1.97. The maximum Gasteiger partial charge on any atom is 0.333 e. The highest BCUT2D eigenvalue weighted by atomic mass is 32.2. The van der Waals surface area contributed by atoms with Crippen LogP contribution in [-0.4, -0.2) is 30.6 Å². The predicted molar refractivity (Wildman–Crippen MR) is 85.0 cm³/mol. The molecule has 5 nitrogen and oxygen atoms in total. The summed E-state index contributed by atoms with van der Waals surface area (Å²) in [5.41, 5.74) is 0.538. The van der Waals surface area contributed by atoms with Crippen LogP contribution < -0.4 is 10.1 Å². The Morgan fingerprint density at radius 1 is 1.30 bits per heavy atom. The largest absolute Gasteiger partial charge is 0.490 e. The maximum atomic E-state index is 11.1. The van der Waals surface area contributed by atoms with Crippen molar-refractivity contribution in [2.75, 3.05) is 31.0 Å². The molecule has 0 spiro atoms. The number of hydrogen-bond donors (Lipinski definition) is 1. The van der Waals surface area contributed by atoms with Crippen LogP contribution in [0.1, 0.15) is 25.7 Å². The van der Waals surface area contributed by atoms with Gasteiger partial charge in [0, 0.05) is 6.54 Å². The Balaban J connectivity index is 2.45. The quantitative estimate of drug-likeness (QED) is 0.402. The third-order valence-electron chi connectivity index (χ3n) is 2.99. The van der Waals surface area contributed by atoms with Crippen LogP contribution in [0.15, 0.2) is 18.2 Å². The maximum absolute atomic E-state index is 11.1. The Kier molecular flexibility index (Phi) is 7.87. The molecule has 0 atom stereocenters. The molecule has 0 amide bonds. The summed E-state index contributed by atoms with van der Waals surface area (Å²) in [6.45, 7) is 0.743. The average Bonchev–Trinajstić information content (AvgIpc) is 2.45. The predicted octanol–water partition coefficient (Wildman–Crippen LogP) is 3.94. The van der Waals surface area contributed by atoms with E-state index in [4.69, 9.17) is 4.74 Å². The van der Waals surface area contributed by atoms with E-state index >= 15 is 0 Å². The molecule has 0 radical (unpaired) electrons. The summed E-state index contributed by atoms with van der Waals surface area (Å²) >= 11 is 1.87. The zero-order valence-corrected chi connectivity index (χ0v) is 12.9. The molecule has 0 aliphatic rings. The van der Waals surface area contributed by atoms with Gasteiger partial charge in [0.25, 0.3) is 0 Å². The summed E-state index contributed by atoms with van der Waals surface area (Å²) in [7, 11) is 1.44. The first-order valence-electron chi connectivity index (χ1n) is 6.75. The van der Waals surface area contributed by atoms with Crippen LogP contribution in [0.25, 0.3) is 0 Å². The number of unbranched alkanes of at least 4 members (excludes halogenated alkanes) is 3. The summed E-state index contributed by atoms with van der Waals surface area (Å²) in [6.07, 6.45) is 6.72. The van der Waals surface area contributed by atoms with Crippen molar-refractivity contribution in [2.45, 2.75) is 25.7 Å². The van der Waals surface area contributed by atoms with Gasteiger partial charge in [-0.2, -0.15) is 11.8 Å². The van der Waals surface area contributed by atoms with E-state index in [1.807, 2.05) is 11.8 Å². The molecular formula is C14H22N2O3S. The van der Waals surface area contributed by atoms with Crippen LogP contribution in [0.4, 0.5) is 11.4 Å². The molecule has 0 aliphatic heterocycles. The Labute approximate surface area is 124 Å². The highest BCUT2D eigenvalue weighted by Crippen LogP contribution is 2.34. The van der Waals surface area contributed by atoms with Crippen LogP contribution in [0.2, 0.25) is 0 Å². The number of nitro groups is 1. The van der Waals surface area contributed by atoms with Gasteiger partial charge < -0.3 is 10.1 Å². The number of anilines is 1. The Hall–Kier alpha value is -1.43. The lowest BCUT2D eigenvalue weighted by atomic mass is 10.2. The van der Waals surface area contributed by atoms with Crippen molar-refractivity contribution in [1.29, 1.82) is 0 Å². The fourth-order valence-corrected chi connectivity index (χ4v) is 2.46. The van der Waals surface area contributed by atoms with Crippen molar-refractivity contribution in [3.63, 3.8) is 0 Å². The number of nitro benzene ring substituents is 1. The highest BCUT2D eigenvalue weighted by Gasteiger charge is 2.19. The number of benzene rings is 1. The molecule has 6 heteroatoms. The van der Waals surface area contributed by atoms with Crippen LogP contribution in [-0.2, 0) is 0 Å². The first-order chi connectivity index (χ1) is 9.70. The van der Waals surface area contributed by atoms with Crippen LogP contribution in [0.3, 0.4) is 0 Å². The Bertz CT molecular complexity index is 427. The number of rotatable bonds is 10. The lowest BCUT2D eigenvalue weighted by molar-refractivity contribution is -0.384. The summed E-state index contributed by atoms with van der Waals surface area (Å²) in [4.78, 5) is 10.7. The Morgan fingerprint density at radius 3 is 2.70 bits per heavy atom. The van der Waals surface area contributed by atoms with Gasteiger partial charge in [0.05, 0.1) is 12.0 Å². The summed E-state index contributed by atoms with van der Waals surface area (Å²) in [6, 6.07) is 5.08. The van der Waals surface area contributed by atoms with Gasteiger partial charge in [-0.25, -0.2) is 0 Å².